The van der Waals surface area contributed by atoms with Crippen LogP contribution in [-0.2, 0) is 11.3 Å². The highest BCUT2D eigenvalue weighted by atomic mass is 19.3. The summed E-state index contributed by atoms with van der Waals surface area (Å²) in [6.07, 6.45) is 2.11. The topological polar surface area (TPSA) is 122 Å². The van der Waals surface area contributed by atoms with Gasteiger partial charge in [0, 0.05) is 62.0 Å². The van der Waals surface area contributed by atoms with Gasteiger partial charge in [-0.1, -0.05) is 0 Å². The Kier molecular flexibility index (Phi) is 7.63. The molecular weight excluding hydrogens is 517 g/mol. The lowest BCUT2D eigenvalue weighted by Crippen LogP contribution is -2.44. The third-order valence-electron chi connectivity index (χ3n) is 6.09. The van der Waals surface area contributed by atoms with Gasteiger partial charge < -0.3 is 24.3 Å². The molecule has 3 aromatic heterocycles. The smallest absolute Gasteiger partial charge is 0.314 e. The largest absolute Gasteiger partial charge is 0.495 e. The number of ether oxygens (including phenoxy) is 1. The molecule has 0 saturated carbocycles. The summed E-state index contributed by atoms with van der Waals surface area (Å²) in [5.74, 6) is -0.664. The molecule has 1 N–H and O–H groups in total. The lowest BCUT2D eigenvalue weighted by molar-refractivity contribution is -0.107. The Hall–Kier alpha value is -4.59. The van der Waals surface area contributed by atoms with Gasteiger partial charge in [-0.3, -0.25) is 9.78 Å². The van der Waals surface area contributed by atoms with Crippen LogP contribution in [0, 0.1) is 5.82 Å². The van der Waals surface area contributed by atoms with Crippen LogP contribution in [0.1, 0.15) is 18.0 Å². The minimum absolute atomic E-state index is 0.0203. The Labute approximate surface area is 220 Å². The molecule has 1 aliphatic rings. The standard InChI is InChI=1S/C25H23F3N8O3/c1-38-21-8-18(16-11-31-25(32-12-16)35-6-4-29-5-7-35)19(26)9-20(21)36(14-37)13-17-3-2-15(10-30-17)23-33-34-24(39-23)22(27)28/h2-3,8-12,14,22,29H,4-7,13H2,1H3. The van der Waals surface area contributed by atoms with Crippen molar-refractivity contribution in [3.05, 3.63) is 60.3 Å². The number of benzene rings is 1. The number of hydrogen-bond donors (Lipinski definition) is 1. The SMILES string of the molecule is COc1cc(-c2cnc(N3CCNCC3)nc2)c(F)cc1N(C=O)Cc1ccc(-c2nnc(C(F)F)o2)cn1. The average Bonchev–Trinajstić information content (AvgIpc) is 3.48. The van der Waals surface area contributed by atoms with Crippen molar-refractivity contribution in [3.63, 3.8) is 0 Å². The van der Waals surface area contributed by atoms with Crippen LogP contribution in [0.3, 0.4) is 0 Å². The Bertz CT molecular complexity index is 1430. The number of carbonyl (C=O) groups is 1. The Morgan fingerprint density at radius 3 is 2.46 bits per heavy atom. The number of anilines is 2. The van der Waals surface area contributed by atoms with Gasteiger partial charge >= 0.3 is 6.43 Å². The van der Waals surface area contributed by atoms with E-state index in [1.807, 2.05) is 4.90 Å². The van der Waals surface area contributed by atoms with Crippen molar-refractivity contribution in [2.45, 2.75) is 13.0 Å². The van der Waals surface area contributed by atoms with E-state index >= 15 is 4.39 Å². The summed E-state index contributed by atoms with van der Waals surface area (Å²) in [5.41, 5.74) is 1.63. The van der Waals surface area contributed by atoms with Crippen molar-refractivity contribution in [3.8, 4) is 28.3 Å². The molecule has 4 aromatic rings. The molecule has 1 amide bonds. The van der Waals surface area contributed by atoms with E-state index in [4.69, 9.17) is 9.15 Å². The molecular formula is C25H23F3N8O3. The van der Waals surface area contributed by atoms with Gasteiger partial charge in [-0.05, 0) is 18.2 Å². The second-order valence-electron chi connectivity index (χ2n) is 8.53. The zero-order chi connectivity index (χ0) is 27.4. The van der Waals surface area contributed by atoms with Gasteiger partial charge in [0.25, 0.3) is 5.89 Å². The minimum Gasteiger partial charge on any atom is -0.495 e. The molecule has 5 rings (SSSR count). The molecule has 0 bridgehead atoms. The van der Waals surface area contributed by atoms with Crippen LogP contribution >= 0.6 is 0 Å². The lowest BCUT2D eigenvalue weighted by atomic mass is 10.1. The van der Waals surface area contributed by atoms with Crippen LogP contribution in [0.15, 0.2) is 47.3 Å². The van der Waals surface area contributed by atoms with E-state index in [-0.39, 0.29) is 29.4 Å². The number of methoxy groups -OCH3 is 1. The number of halogens is 3. The second kappa shape index (κ2) is 11.4. The fourth-order valence-corrected chi connectivity index (χ4v) is 4.08. The van der Waals surface area contributed by atoms with Crippen LogP contribution in [-0.4, -0.2) is 64.8 Å². The quantitative estimate of drug-likeness (QED) is 0.317. The number of nitrogens with one attached hydrogen (secondary N) is 1. The van der Waals surface area contributed by atoms with Crippen molar-refractivity contribution in [1.82, 2.24) is 30.5 Å². The first-order valence-corrected chi connectivity index (χ1v) is 11.9. The number of pyridine rings is 1. The molecule has 0 aliphatic carbocycles. The first-order chi connectivity index (χ1) is 19.0. The maximum absolute atomic E-state index is 15.3. The molecule has 202 valence electrons. The number of carbonyl (C=O) groups excluding carboxylic acids is 1. The lowest BCUT2D eigenvalue weighted by Gasteiger charge is -2.27. The maximum atomic E-state index is 15.3. The summed E-state index contributed by atoms with van der Waals surface area (Å²) in [5, 5.41) is 10.1. The summed E-state index contributed by atoms with van der Waals surface area (Å²) < 4.78 is 51.1. The first-order valence-electron chi connectivity index (χ1n) is 11.9. The minimum atomic E-state index is -2.88. The fourth-order valence-electron chi connectivity index (χ4n) is 4.08. The highest BCUT2D eigenvalue weighted by Crippen LogP contribution is 2.36. The molecule has 14 heteroatoms. The molecule has 0 spiro atoms. The number of alkyl halides is 2. The van der Waals surface area contributed by atoms with Crippen molar-refractivity contribution < 1.29 is 27.1 Å². The molecule has 11 nitrogen and oxygen atoms in total. The summed E-state index contributed by atoms with van der Waals surface area (Å²) in [4.78, 5) is 28.3. The highest BCUT2D eigenvalue weighted by molar-refractivity contribution is 5.81. The number of hydrogen-bond acceptors (Lipinski definition) is 10. The van der Waals surface area contributed by atoms with E-state index < -0.39 is 18.1 Å². The van der Waals surface area contributed by atoms with E-state index in [1.165, 1.54) is 30.3 Å². The van der Waals surface area contributed by atoms with Gasteiger partial charge in [-0.2, -0.15) is 8.78 Å². The zero-order valence-electron chi connectivity index (χ0n) is 20.7. The van der Waals surface area contributed by atoms with E-state index in [0.717, 1.165) is 26.2 Å². The van der Waals surface area contributed by atoms with E-state index in [0.29, 0.717) is 29.2 Å². The number of piperazine rings is 1. The Balaban J connectivity index is 1.35. The van der Waals surface area contributed by atoms with Gasteiger partial charge in [0.1, 0.15) is 11.6 Å². The molecule has 1 aromatic carbocycles. The van der Waals surface area contributed by atoms with Crippen LogP contribution in [0.5, 0.6) is 5.75 Å². The molecule has 1 saturated heterocycles. The Morgan fingerprint density at radius 1 is 1.10 bits per heavy atom. The molecule has 4 heterocycles. The number of nitrogens with zero attached hydrogens (tertiary/aromatic N) is 7. The van der Waals surface area contributed by atoms with Crippen molar-refractivity contribution in [1.29, 1.82) is 0 Å². The Morgan fingerprint density at radius 2 is 1.85 bits per heavy atom. The average molecular weight is 541 g/mol. The van der Waals surface area contributed by atoms with Gasteiger partial charge in [-0.25, -0.2) is 14.4 Å². The molecule has 0 radical (unpaired) electrons. The summed E-state index contributed by atoms with van der Waals surface area (Å²) in [6.45, 7) is 3.23. The highest BCUT2D eigenvalue weighted by Gasteiger charge is 2.20. The number of aromatic nitrogens is 5. The van der Waals surface area contributed by atoms with Crippen LogP contribution < -0.4 is 19.9 Å². The maximum Gasteiger partial charge on any atom is 0.314 e. The van der Waals surface area contributed by atoms with Crippen molar-refractivity contribution in [2.75, 3.05) is 43.1 Å². The van der Waals surface area contributed by atoms with Gasteiger partial charge in [0.05, 0.1) is 30.6 Å². The zero-order valence-corrected chi connectivity index (χ0v) is 20.7. The molecule has 39 heavy (non-hydrogen) atoms. The normalized spacial score (nSPS) is 13.5. The van der Waals surface area contributed by atoms with Gasteiger partial charge in [0.15, 0.2) is 0 Å². The van der Waals surface area contributed by atoms with E-state index in [1.54, 1.807) is 24.5 Å². The molecule has 1 aliphatic heterocycles. The van der Waals surface area contributed by atoms with Crippen LogP contribution in [0.25, 0.3) is 22.6 Å². The monoisotopic (exact) mass is 540 g/mol. The van der Waals surface area contributed by atoms with Crippen LogP contribution in [0.2, 0.25) is 0 Å². The fraction of sp³-hybridized carbons (Fsp3) is 0.280. The number of amides is 1. The van der Waals surface area contributed by atoms with Gasteiger partial charge in [0.2, 0.25) is 18.2 Å². The van der Waals surface area contributed by atoms with Gasteiger partial charge in [-0.15, -0.1) is 10.2 Å². The first kappa shape index (κ1) is 26.0. The van der Waals surface area contributed by atoms with Crippen molar-refractivity contribution in [2.24, 2.45) is 0 Å². The van der Waals surface area contributed by atoms with Crippen LogP contribution in [0.4, 0.5) is 24.8 Å². The summed E-state index contributed by atoms with van der Waals surface area (Å²) in [7, 11) is 1.42. The predicted molar refractivity (Wildman–Crippen MR) is 134 cm³/mol. The molecule has 0 atom stereocenters. The predicted octanol–water partition coefficient (Wildman–Crippen LogP) is 3.25. The third kappa shape index (κ3) is 5.65. The molecule has 0 unspecified atom stereocenters. The van der Waals surface area contributed by atoms with E-state index in [9.17, 15) is 13.6 Å². The summed E-state index contributed by atoms with van der Waals surface area (Å²) >= 11 is 0. The van der Waals surface area contributed by atoms with E-state index in [2.05, 4.69) is 30.5 Å². The van der Waals surface area contributed by atoms with Crippen molar-refractivity contribution >= 4 is 18.0 Å². The summed E-state index contributed by atoms with van der Waals surface area (Å²) in [6, 6.07) is 5.79. The third-order valence-corrected chi connectivity index (χ3v) is 6.09. The molecule has 1 fully saturated rings. The second-order valence-corrected chi connectivity index (χ2v) is 8.53. The number of rotatable bonds is 9.